The molecule has 0 aliphatic heterocycles. The van der Waals surface area contributed by atoms with E-state index in [0.717, 1.165) is 5.56 Å². The topological polar surface area (TPSA) is 43.8 Å². The smallest absolute Gasteiger partial charge is 0.0708 e. The van der Waals surface area contributed by atoms with Crippen molar-refractivity contribution in [2.24, 2.45) is 12.8 Å². The van der Waals surface area contributed by atoms with E-state index < -0.39 is 0 Å². The quantitative estimate of drug-likeness (QED) is 0.710. The maximum absolute atomic E-state index is 5.59. The Hall–Kier alpha value is -1.35. The summed E-state index contributed by atoms with van der Waals surface area (Å²) in [6.07, 6.45) is 1.88. The lowest BCUT2D eigenvalue weighted by molar-refractivity contribution is 0.794. The molecule has 1 aromatic heterocycles. The van der Waals surface area contributed by atoms with Crippen LogP contribution in [0, 0.1) is 6.92 Å². The van der Waals surface area contributed by atoms with E-state index in [0.29, 0.717) is 6.54 Å². The van der Waals surface area contributed by atoms with E-state index in [4.69, 9.17) is 5.73 Å². The van der Waals surface area contributed by atoms with Gasteiger partial charge < -0.3 is 5.73 Å². The van der Waals surface area contributed by atoms with Crippen LogP contribution in [0.25, 0.3) is 10.9 Å². The van der Waals surface area contributed by atoms with E-state index in [1.807, 2.05) is 17.9 Å². The first-order valence-electron chi connectivity index (χ1n) is 4.33. The van der Waals surface area contributed by atoms with Gasteiger partial charge in [-0.15, -0.1) is 0 Å². The first-order chi connectivity index (χ1) is 6.22. The van der Waals surface area contributed by atoms with Gasteiger partial charge in [0, 0.05) is 19.0 Å². The highest BCUT2D eigenvalue weighted by molar-refractivity contribution is 5.82. The number of nitrogens with two attached hydrogens (primary N) is 1. The van der Waals surface area contributed by atoms with Crippen molar-refractivity contribution in [3.63, 3.8) is 0 Å². The van der Waals surface area contributed by atoms with Crippen LogP contribution in [0.1, 0.15) is 11.1 Å². The molecule has 0 aliphatic rings. The lowest BCUT2D eigenvalue weighted by Gasteiger charge is -2.02. The van der Waals surface area contributed by atoms with Crippen LogP contribution in [0.3, 0.4) is 0 Å². The minimum Gasteiger partial charge on any atom is -0.326 e. The van der Waals surface area contributed by atoms with Crippen LogP contribution in [0.15, 0.2) is 18.3 Å². The molecule has 1 heterocycles. The van der Waals surface area contributed by atoms with Gasteiger partial charge in [0.05, 0.1) is 11.7 Å². The van der Waals surface area contributed by atoms with Crippen molar-refractivity contribution in [1.82, 2.24) is 9.78 Å². The van der Waals surface area contributed by atoms with Gasteiger partial charge in [-0.05, 0) is 24.1 Å². The summed E-state index contributed by atoms with van der Waals surface area (Å²) in [7, 11) is 1.96. The number of fused-ring (bicyclic) bond motifs is 1. The van der Waals surface area contributed by atoms with Crippen molar-refractivity contribution < 1.29 is 0 Å². The second kappa shape index (κ2) is 2.85. The van der Waals surface area contributed by atoms with E-state index in [-0.39, 0.29) is 0 Å². The summed E-state index contributed by atoms with van der Waals surface area (Å²) in [6, 6.07) is 4.21. The molecule has 2 N–H and O–H groups in total. The number of aryl methyl sites for hydroxylation is 2. The Balaban J connectivity index is 2.79. The largest absolute Gasteiger partial charge is 0.326 e. The molecule has 13 heavy (non-hydrogen) atoms. The van der Waals surface area contributed by atoms with Crippen LogP contribution < -0.4 is 5.73 Å². The monoisotopic (exact) mass is 175 g/mol. The Labute approximate surface area is 77.2 Å². The van der Waals surface area contributed by atoms with Gasteiger partial charge in [0.2, 0.25) is 0 Å². The van der Waals surface area contributed by atoms with Gasteiger partial charge in [-0.2, -0.15) is 5.10 Å². The molecule has 0 bridgehead atoms. The highest BCUT2D eigenvalue weighted by Crippen LogP contribution is 2.19. The van der Waals surface area contributed by atoms with Gasteiger partial charge in [-0.25, -0.2) is 0 Å². The maximum Gasteiger partial charge on any atom is 0.0708 e. The summed E-state index contributed by atoms with van der Waals surface area (Å²) in [4.78, 5) is 0. The van der Waals surface area contributed by atoms with Crippen LogP contribution in [-0.4, -0.2) is 9.78 Å². The van der Waals surface area contributed by atoms with Gasteiger partial charge in [-0.1, -0.05) is 6.07 Å². The second-order valence-electron chi connectivity index (χ2n) is 3.32. The fraction of sp³-hybridized carbons (Fsp3) is 0.300. The van der Waals surface area contributed by atoms with Crippen molar-refractivity contribution in [2.45, 2.75) is 13.5 Å². The molecular formula is C10H13N3. The van der Waals surface area contributed by atoms with Crippen LogP contribution in [0.4, 0.5) is 0 Å². The van der Waals surface area contributed by atoms with E-state index in [1.54, 1.807) is 0 Å². The molecule has 0 unspecified atom stereocenters. The second-order valence-corrected chi connectivity index (χ2v) is 3.32. The SMILES string of the molecule is Cc1cc(CN)cc2cnn(C)c12. The van der Waals surface area contributed by atoms with Crippen molar-refractivity contribution in [3.05, 3.63) is 29.5 Å². The molecule has 0 amide bonds. The highest BCUT2D eigenvalue weighted by Gasteiger charge is 2.03. The van der Waals surface area contributed by atoms with Crippen molar-refractivity contribution >= 4 is 10.9 Å². The van der Waals surface area contributed by atoms with E-state index in [1.165, 1.54) is 16.5 Å². The number of hydrogen-bond donors (Lipinski definition) is 1. The molecule has 2 aromatic rings. The predicted octanol–water partition coefficient (Wildman–Crippen LogP) is 1.34. The van der Waals surface area contributed by atoms with Gasteiger partial charge in [0.25, 0.3) is 0 Å². The Morgan fingerprint density at radius 2 is 2.23 bits per heavy atom. The standard InChI is InChI=1S/C10H13N3/c1-7-3-8(5-11)4-9-6-12-13(2)10(7)9/h3-4,6H,5,11H2,1-2H3. The van der Waals surface area contributed by atoms with Gasteiger partial charge >= 0.3 is 0 Å². The van der Waals surface area contributed by atoms with E-state index >= 15 is 0 Å². The molecule has 0 saturated heterocycles. The van der Waals surface area contributed by atoms with Gasteiger partial charge in [0.1, 0.15) is 0 Å². The zero-order valence-electron chi connectivity index (χ0n) is 7.91. The van der Waals surface area contributed by atoms with Crippen LogP contribution in [0.5, 0.6) is 0 Å². The fourth-order valence-corrected chi connectivity index (χ4v) is 1.75. The number of rotatable bonds is 1. The lowest BCUT2D eigenvalue weighted by Crippen LogP contribution is -1.97. The predicted molar refractivity (Wildman–Crippen MR) is 53.3 cm³/mol. The molecule has 3 nitrogen and oxygen atoms in total. The molecule has 0 saturated carbocycles. The molecule has 68 valence electrons. The number of aromatic nitrogens is 2. The Bertz CT molecular complexity index is 443. The molecule has 0 atom stereocenters. The van der Waals surface area contributed by atoms with Crippen LogP contribution in [-0.2, 0) is 13.6 Å². The molecule has 0 aliphatic carbocycles. The third-order valence-electron chi connectivity index (χ3n) is 2.32. The van der Waals surface area contributed by atoms with Gasteiger partial charge in [-0.3, -0.25) is 4.68 Å². The van der Waals surface area contributed by atoms with Crippen molar-refractivity contribution in [1.29, 1.82) is 0 Å². The molecule has 0 fully saturated rings. The molecule has 1 aromatic carbocycles. The molecule has 2 rings (SSSR count). The van der Waals surface area contributed by atoms with E-state index in [2.05, 4.69) is 24.2 Å². The Morgan fingerprint density at radius 3 is 2.92 bits per heavy atom. The minimum atomic E-state index is 0.589. The van der Waals surface area contributed by atoms with Crippen LogP contribution in [0.2, 0.25) is 0 Å². The first-order valence-corrected chi connectivity index (χ1v) is 4.33. The average Bonchev–Trinajstić information content (AvgIpc) is 2.48. The lowest BCUT2D eigenvalue weighted by atomic mass is 10.1. The maximum atomic E-state index is 5.59. The number of nitrogens with zero attached hydrogens (tertiary/aromatic N) is 2. The Kier molecular flexibility index (Phi) is 1.81. The van der Waals surface area contributed by atoms with Gasteiger partial charge in [0.15, 0.2) is 0 Å². The number of benzene rings is 1. The summed E-state index contributed by atoms with van der Waals surface area (Å²) >= 11 is 0. The van der Waals surface area contributed by atoms with Crippen LogP contribution >= 0.6 is 0 Å². The normalized spacial score (nSPS) is 11.0. The Morgan fingerprint density at radius 1 is 1.46 bits per heavy atom. The third-order valence-corrected chi connectivity index (χ3v) is 2.32. The molecule has 0 radical (unpaired) electrons. The molecule has 3 heteroatoms. The fourth-order valence-electron chi connectivity index (χ4n) is 1.75. The molecular weight excluding hydrogens is 162 g/mol. The highest BCUT2D eigenvalue weighted by atomic mass is 15.2. The summed E-state index contributed by atoms with van der Waals surface area (Å²) in [6.45, 7) is 2.68. The number of hydrogen-bond acceptors (Lipinski definition) is 2. The zero-order valence-corrected chi connectivity index (χ0v) is 7.91. The summed E-state index contributed by atoms with van der Waals surface area (Å²) in [5.41, 5.74) is 9.18. The molecule has 0 spiro atoms. The third kappa shape index (κ3) is 1.21. The first kappa shape index (κ1) is 8.26. The summed E-state index contributed by atoms with van der Waals surface area (Å²) < 4.78 is 1.89. The van der Waals surface area contributed by atoms with Crippen molar-refractivity contribution in [2.75, 3.05) is 0 Å². The van der Waals surface area contributed by atoms with E-state index in [9.17, 15) is 0 Å². The minimum absolute atomic E-state index is 0.589. The summed E-state index contributed by atoms with van der Waals surface area (Å²) in [5, 5.41) is 5.38. The zero-order chi connectivity index (χ0) is 9.42. The van der Waals surface area contributed by atoms with Crippen molar-refractivity contribution in [3.8, 4) is 0 Å². The average molecular weight is 175 g/mol. The summed E-state index contributed by atoms with van der Waals surface area (Å²) in [5.74, 6) is 0.